The van der Waals surface area contributed by atoms with Crippen LogP contribution in [0.15, 0.2) is 0 Å². The smallest absolute Gasteiger partial charge is 0.248 e. The Bertz CT molecular complexity index is 244. The van der Waals surface area contributed by atoms with E-state index in [4.69, 9.17) is 9.47 Å². The fourth-order valence-electron chi connectivity index (χ4n) is 1.08. The molecule has 0 bridgehead atoms. The Balaban J connectivity index is 3.77. The summed E-state index contributed by atoms with van der Waals surface area (Å²) in [4.78, 5) is 24.2. The number of methoxy groups -OCH3 is 1. The summed E-state index contributed by atoms with van der Waals surface area (Å²) in [5.41, 5.74) is 0. The predicted molar refractivity (Wildman–Crippen MR) is 63.6 cm³/mol. The molecule has 0 radical (unpaired) electrons. The minimum atomic E-state index is -0.222. The maximum Gasteiger partial charge on any atom is 0.248 e. The van der Waals surface area contributed by atoms with Crippen LogP contribution in [-0.4, -0.2) is 63.3 Å². The quantitative estimate of drug-likeness (QED) is 0.593. The standard InChI is InChI=1S/C11H22N2O4/c1-9(2)12-10(14)7-13(3)11(15)8-17-6-5-16-4/h9H,5-8H2,1-4H3,(H,12,14). The van der Waals surface area contributed by atoms with Gasteiger partial charge in [0.1, 0.15) is 6.61 Å². The molecule has 0 aromatic heterocycles. The fraction of sp³-hybridized carbons (Fsp3) is 0.818. The third-order valence-electron chi connectivity index (χ3n) is 1.91. The third-order valence-corrected chi connectivity index (χ3v) is 1.91. The Labute approximate surface area is 102 Å². The van der Waals surface area contributed by atoms with Crippen molar-refractivity contribution in [1.29, 1.82) is 0 Å². The van der Waals surface area contributed by atoms with E-state index in [0.29, 0.717) is 13.2 Å². The molecule has 0 aliphatic heterocycles. The number of carbonyl (C=O) groups is 2. The van der Waals surface area contributed by atoms with Gasteiger partial charge in [-0.15, -0.1) is 0 Å². The lowest BCUT2D eigenvalue weighted by atomic mass is 10.4. The highest BCUT2D eigenvalue weighted by molar-refractivity contribution is 5.85. The highest BCUT2D eigenvalue weighted by atomic mass is 16.5. The van der Waals surface area contributed by atoms with Crippen molar-refractivity contribution < 1.29 is 19.1 Å². The van der Waals surface area contributed by atoms with Crippen LogP contribution in [-0.2, 0) is 19.1 Å². The molecule has 0 saturated carbocycles. The Hall–Kier alpha value is -1.14. The Morgan fingerprint density at radius 2 is 1.94 bits per heavy atom. The van der Waals surface area contributed by atoms with Crippen molar-refractivity contribution in [2.45, 2.75) is 19.9 Å². The SMILES string of the molecule is COCCOCC(=O)N(C)CC(=O)NC(C)C. The highest BCUT2D eigenvalue weighted by Gasteiger charge is 2.13. The zero-order valence-electron chi connectivity index (χ0n) is 11.0. The number of nitrogens with one attached hydrogen (secondary N) is 1. The first-order valence-electron chi connectivity index (χ1n) is 5.57. The number of amides is 2. The molecule has 0 spiro atoms. The number of likely N-dealkylation sites (N-methyl/N-ethyl adjacent to an activating group) is 1. The zero-order valence-corrected chi connectivity index (χ0v) is 11.0. The second-order valence-electron chi connectivity index (χ2n) is 4.02. The molecular formula is C11H22N2O4. The summed E-state index contributed by atoms with van der Waals surface area (Å²) >= 11 is 0. The van der Waals surface area contributed by atoms with Crippen LogP contribution in [0, 0.1) is 0 Å². The first-order valence-corrected chi connectivity index (χ1v) is 5.57. The van der Waals surface area contributed by atoms with Crippen molar-refractivity contribution in [2.24, 2.45) is 0 Å². The molecule has 0 aliphatic rings. The molecule has 0 aromatic rings. The summed E-state index contributed by atoms with van der Waals surface area (Å²) in [7, 11) is 3.13. The van der Waals surface area contributed by atoms with Gasteiger partial charge in [0.2, 0.25) is 11.8 Å². The average molecular weight is 246 g/mol. The minimum absolute atomic E-state index is 0.0329. The largest absolute Gasteiger partial charge is 0.382 e. The monoisotopic (exact) mass is 246 g/mol. The van der Waals surface area contributed by atoms with E-state index >= 15 is 0 Å². The van der Waals surface area contributed by atoms with Gasteiger partial charge < -0.3 is 19.7 Å². The van der Waals surface area contributed by atoms with E-state index in [1.807, 2.05) is 13.8 Å². The molecule has 6 heteroatoms. The molecule has 2 amide bonds. The van der Waals surface area contributed by atoms with Gasteiger partial charge >= 0.3 is 0 Å². The van der Waals surface area contributed by atoms with Gasteiger partial charge in [0.15, 0.2) is 0 Å². The van der Waals surface area contributed by atoms with Gasteiger partial charge in [-0.2, -0.15) is 0 Å². The van der Waals surface area contributed by atoms with Crippen molar-refractivity contribution >= 4 is 11.8 Å². The topological polar surface area (TPSA) is 67.9 Å². The minimum Gasteiger partial charge on any atom is -0.382 e. The van der Waals surface area contributed by atoms with Crippen LogP contribution in [0.1, 0.15) is 13.8 Å². The van der Waals surface area contributed by atoms with Crippen LogP contribution in [0.25, 0.3) is 0 Å². The van der Waals surface area contributed by atoms with Crippen LogP contribution in [0.3, 0.4) is 0 Å². The molecule has 0 atom stereocenters. The maximum atomic E-state index is 11.5. The van der Waals surface area contributed by atoms with Crippen LogP contribution < -0.4 is 5.32 Å². The molecule has 100 valence electrons. The van der Waals surface area contributed by atoms with Gasteiger partial charge in [0.25, 0.3) is 0 Å². The number of rotatable bonds is 8. The Morgan fingerprint density at radius 3 is 2.47 bits per heavy atom. The number of carbonyl (C=O) groups excluding carboxylic acids is 2. The van der Waals surface area contributed by atoms with E-state index in [-0.39, 0.29) is 31.0 Å². The summed E-state index contributed by atoms with van der Waals surface area (Å²) in [6.45, 7) is 4.57. The first-order chi connectivity index (χ1) is 7.97. The van der Waals surface area contributed by atoms with Crippen LogP contribution >= 0.6 is 0 Å². The van der Waals surface area contributed by atoms with Crippen molar-refractivity contribution in [2.75, 3.05) is 40.5 Å². The summed E-state index contributed by atoms with van der Waals surface area (Å²) in [6.07, 6.45) is 0. The zero-order chi connectivity index (χ0) is 13.3. The number of hydrogen-bond donors (Lipinski definition) is 1. The first kappa shape index (κ1) is 15.9. The van der Waals surface area contributed by atoms with E-state index in [0.717, 1.165) is 0 Å². The van der Waals surface area contributed by atoms with Gasteiger partial charge in [0.05, 0.1) is 19.8 Å². The fourth-order valence-corrected chi connectivity index (χ4v) is 1.08. The molecule has 0 aromatic carbocycles. The molecule has 0 saturated heterocycles. The second kappa shape index (κ2) is 8.95. The lowest BCUT2D eigenvalue weighted by Crippen LogP contribution is -2.42. The molecule has 0 aliphatic carbocycles. The Morgan fingerprint density at radius 1 is 1.29 bits per heavy atom. The average Bonchev–Trinajstić information content (AvgIpc) is 2.22. The summed E-state index contributed by atoms with van der Waals surface area (Å²) in [6, 6.07) is 0.0731. The predicted octanol–water partition coefficient (Wildman–Crippen LogP) is -0.368. The number of hydrogen-bond acceptors (Lipinski definition) is 4. The number of nitrogens with zero attached hydrogens (tertiary/aromatic N) is 1. The van der Waals surface area contributed by atoms with Crippen molar-refractivity contribution in [3.8, 4) is 0 Å². The molecular weight excluding hydrogens is 224 g/mol. The Kier molecular flexibility index (Phi) is 8.35. The third kappa shape index (κ3) is 8.65. The molecule has 6 nitrogen and oxygen atoms in total. The normalized spacial score (nSPS) is 10.4. The molecule has 0 unspecified atom stereocenters. The lowest BCUT2D eigenvalue weighted by molar-refractivity contribution is -0.138. The highest BCUT2D eigenvalue weighted by Crippen LogP contribution is 1.88. The van der Waals surface area contributed by atoms with Crippen LogP contribution in [0.5, 0.6) is 0 Å². The van der Waals surface area contributed by atoms with Gasteiger partial charge in [0, 0.05) is 20.2 Å². The van der Waals surface area contributed by atoms with E-state index < -0.39 is 0 Å². The van der Waals surface area contributed by atoms with Gasteiger partial charge in [-0.05, 0) is 13.8 Å². The molecule has 17 heavy (non-hydrogen) atoms. The second-order valence-corrected chi connectivity index (χ2v) is 4.02. The van der Waals surface area contributed by atoms with Crippen LogP contribution in [0.2, 0.25) is 0 Å². The van der Waals surface area contributed by atoms with E-state index in [2.05, 4.69) is 5.32 Å². The van der Waals surface area contributed by atoms with Crippen molar-refractivity contribution in [3.05, 3.63) is 0 Å². The summed E-state index contributed by atoms with van der Waals surface area (Å²) < 4.78 is 9.85. The van der Waals surface area contributed by atoms with Crippen molar-refractivity contribution in [3.63, 3.8) is 0 Å². The maximum absolute atomic E-state index is 11.5. The van der Waals surface area contributed by atoms with Crippen LogP contribution in [0.4, 0.5) is 0 Å². The molecule has 1 N–H and O–H groups in total. The van der Waals surface area contributed by atoms with Crippen molar-refractivity contribution in [1.82, 2.24) is 10.2 Å². The number of ether oxygens (including phenoxy) is 2. The summed E-state index contributed by atoms with van der Waals surface area (Å²) in [5.74, 6) is -0.396. The van der Waals surface area contributed by atoms with E-state index in [1.54, 1.807) is 14.2 Å². The summed E-state index contributed by atoms with van der Waals surface area (Å²) in [5, 5.41) is 2.71. The van der Waals surface area contributed by atoms with Gasteiger partial charge in [-0.3, -0.25) is 9.59 Å². The van der Waals surface area contributed by atoms with E-state index in [9.17, 15) is 9.59 Å². The molecule has 0 fully saturated rings. The van der Waals surface area contributed by atoms with Gasteiger partial charge in [-0.25, -0.2) is 0 Å². The van der Waals surface area contributed by atoms with E-state index in [1.165, 1.54) is 4.90 Å². The van der Waals surface area contributed by atoms with Gasteiger partial charge in [-0.1, -0.05) is 0 Å². The molecule has 0 rings (SSSR count). The molecule has 0 heterocycles. The lowest BCUT2D eigenvalue weighted by Gasteiger charge is -2.17.